The topological polar surface area (TPSA) is 47.6 Å². The van der Waals surface area contributed by atoms with Gasteiger partial charge in [-0.15, -0.1) is 0 Å². The van der Waals surface area contributed by atoms with Crippen LogP contribution in [0.25, 0.3) is 6.08 Å². The highest BCUT2D eigenvalue weighted by Crippen LogP contribution is 2.51. The molecule has 0 aromatic heterocycles. The van der Waals surface area contributed by atoms with Crippen LogP contribution in [-0.2, 0) is 13.6 Å². The first-order chi connectivity index (χ1) is 9.51. The van der Waals surface area contributed by atoms with E-state index in [1.54, 1.807) is 6.08 Å². The highest BCUT2D eigenvalue weighted by Gasteiger charge is 2.31. The van der Waals surface area contributed by atoms with E-state index < -0.39 is 13.4 Å². The van der Waals surface area contributed by atoms with Crippen molar-refractivity contribution < 1.29 is 13.6 Å². The van der Waals surface area contributed by atoms with Crippen molar-refractivity contribution in [1.29, 1.82) is 0 Å². The molecule has 1 aromatic rings. The van der Waals surface area contributed by atoms with Crippen LogP contribution in [0.2, 0.25) is 0 Å². The Morgan fingerprint density at radius 2 is 1.95 bits per heavy atom. The monoisotopic (exact) mass is 295 g/mol. The lowest BCUT2D eigenvalue weighted by Gasteiger charge is -2.22. The van der Waals surface area contributed by atoms with E-state index in [1.165, 1.54) is 14.2 Å². The van der Waals surface area contributed by atoms with Gasteiger partial charge in [-0.25, -0.2) is 0 Å². The molecule has 1 unspecified atom stereocenters. The standard InChI is InChI=1S/C15H22NO3P/c1-13(2)12-16-15(20(17,18-3)19-4)11-10-14-8-6-5-7-9-14/h5-11,15-16H,1,12H2,2-4H3/b11-10+. The second kappa shape index (κ2) is 8.18. The van der Waals surface area contributed by atoms with Gasteiger partial charge in [0, 0.05) is 20.8 Å². The molecule has 0 aliphatic carbocycles. The molecule has 0 fully saturated rings. The summed E-state index contributed by atoms with van der Waals surface area (Å²) >= 11 is 0. The molecule has 0 bridgehead atoms. The maximum absolute atomic E-state index is 12.5. The lowest BCUT2D eigenvalue weighted by Crippen LogP contribution is -2.29. The SMILES string of the molecule is C=C(C)CNC(/C=C/c1ccccc1)P(=O)(OC)OC. The Morgan fingerprint density at radius 1 is 1.35 bits per heavy atom. The maximum atomic E-state index is 12.5. The van der Waals surface area contributed by atoms with Crippen molar-refractivity contribution in [2.75, 3.05) is 20.8 Å². The van der Waals surface area contributed by atoms with Crippen LogP contribution in [-0.4, -0.2) is 26.5 Å². The molecule has 0 heterocycles. The summed E-state index contributed by atoms with van der Waals surface area (Å²) < 4.78 is 22.6. The van der Waals surface area contributed by atoms with E-state index in [0.717, 1.165) is 11.1 Å². The van der Waals surface area contributed by atoms with E-state index >= 15 is 0 Å². The van der Waals surface area contributed by atoms with E-state index in [1.807, 2.05) is 43.3 Å². The van der Waals surface area contributed by atoms with Gasteiger partial charge in [0.1, 0.15) is 5.78 Å². The number of benzene rings is 1. The van der Waals surface area contributed by atoms with Crippen LogP contribution in [0.1, 0.15) is 12.5 Å². The average molecular weight is 295 g/mol. The molecule has 0 spiro atoms. The summed E-state index contributed by atoms with van der Waals surface area (Å²) in [5.41, 5.74) is 1.97. The molecule has 110 valence electrons. The molecule has 1 aromatic carbocycles. The van der Waals surface area contributed by atoms with Gasteiger partial charge in [-0.3, -0.25) is 9.88 Å². The van der Waals surface area contributed by atoms with Crippen LogP contribution in [0, 0.1) is 0 Å². The van der Waals surface area contributed by atoms with Crippen molar-refractivity contribution in [3.05, 3.63) is 54.1 Å². The summed E-state index contributed by atoms with van der Waals surface area (Å²) in [6.07, 6.45) is 3.69. The summed E-state index contributed by atoms with van der Waals surface area (Å²) in [6.45, 7) is 6.26. The van der Waals surface area contributed by atoms with Crippen LogP contribution in [0.3, 0.4) is 0 Å². The number of rotatable bonds is 8. The Bertz CT molecular complexity index is 491. The largest absolute Gasteiger partial charge is 0.350 e. The first-order valence-electron chi connectivity index (χ1n) is 6.34. The molecule has 0 saturated heterocycles. The van der Waals surface area contributed by atoms with Crippen molar-refractivity contribution in [3.8, 4) is 0 Å². The van der Waals surface area contributed by atoms with Gasteiger partial charge < -0.3 is 9.05 Å². The summed E-state index contributed by atoms with van der Waals surface area (Å²) in [6, 6.07) is 9.78. The van der Waals surface area contributed by atoms with Crippen molar-refractivity contribution >= 4 is 13.7 Å². The lowest BCUT2D eigenvalue weighted by molar-refractivity contribution is 0.266. The Labute approximate surface area is 121 Å². The molecule has 0 aliphatic heterocycles. The van der Waals surface area contributed by atoms with Crippen molar-refractivity contribution in [3.63, 3.8) is 0 Å². The zero-order valence-corrected chi connectivity index (χ0v) is 13.1. The molecule has 1 N–H and O–H groups in total. The van der Waals surface area contributed by atoms with Crippen molar-refractivity contribution in [2.45, 2.75) is 12.7 Å². The number of hydrogen-bond acceptors (Lipinski definition) is 4. The summed E-state index contributed by atoms with van der Waals surface area (Å²) in [7, 11) is -0.453. The molecule has 0 aliphatic rings. The van der Waals surface area contributed by atoms with Gasteiger partial charge in [-0.1, -0.05) is 54.6 Å². The van der Waals surface area contributed by atoms with E-state index in [0.29, 0.717) is 6.54 Å². The van der Waals surface area contributed by atoms with Gasteiger partial charge in [0.05, 0.1) is 0 Å². The summed E-state index contributed by atoms with van der Waals surface area (Å²) in [5.74, 6) is -0.519. The second-order valence-electron chi connectivity index (χ2n) is 4.46. The van der Waals surface area contributed by atoms with Gasteiger partial charge >= 0.3 is 7.60 Å². The first kappa shape index (κ1) is 16.9. The second-order valence-corrected chi connectivity index (χ2v) is 6.82. The van der Waals surface area contributed by atoms with Crippen LogP contribution >= 0.6 is 7.60 Å². The van der Waals surface area contributed by atoms with Gasteiger partial charge in [-0.05, 0) is 12.5 Å². The van der Waals surface area contributed by atoms with E-state index in [9.17, 15) is 4.57 Å². The average Bonchev–Trinajstić information content (AvgIpc) is 2.47. The third-order valence-electron chi connectivity index (χ3n) is 2.73. The quantitative estimate of drug-likeness (QED) is 0.587. The molecule has 0 radical (unpaired) electrons. The minimum absolute atomic E-state index is 0.519. The lowest BCUT2D eigenvalue weighted by atomic mass is 10.2. The molecule has 0 saturated carbocycles. The molecule has 5 heteroatoms. The zero-order valence-electron chi connectivity index (χ0n) is 12.2. The van der Waals surface area contributed by atoms with Crippen molar-refractivity contribution in [2.24, 2.45) is 0 Å². The molecule has 0 amide bonds. The van der Waals surface area contributed by atoms with Gasteiger partial charge in [0.15, 0.2) is 0 Å². The van der Waals surface area contributed by atoms with E-state index in [4.69, 9.17) is 9.05 Å². The van der Waals surface area contributed by atoms with E-state index in [2.05, 4.69) is 11.9 Å². The van der Waals surface area contributed by atoms with Crippen LogP contribution in [0.4, 0.5) is 0 Å². The minimum atomic E-state index is -3.22. The fraction of sp³-hybridized carbons (Fsp3) is 0.333. The fourth-order valence-corrected chi connectivity index (χ4v) is 2.85. The number of hydrogen-bond donors (Lipinski definition) is 1. The third kappa shape index (κ3) is 5.06. The maximum Gasteiger partial charge on any atom is 0.350 e. The minimum Gasteiger partial charge on any atom is -0.311 e. The van der Waals surface area contributed by atoms with Crippen LogP contribution in [0.15, 0.2) is 48.6 Å². The predicted molar refractivity (Wildman–Crippen MR) is 83.7 cm³/mol. The van der Waals surface area contributed by atoms with Gasteiger partial charge in [-0.2, -0.15) is 0 Å². The Morgan fingerprint density at radius 3 is 2.45 bits per heavy atom. The Balaban J connectivity index is 2.90. The fourth-order valence-electron chi connectivity index (χ4n) is 1.63. The zero-order chi connectivity index (χ0) is 15.0. The van der Waals surface area contributed by atoms with Gasteiger partial charge in [0.25, 0.3) is 0 Å². The highest BCUT2D eigenvalue weighted by molar-refractivity contribution is 7.54. The molecule has 20 heavy (non-hydrogen) atoms. The van der Waals surface area contributed by atoms with Gasteiger partial charge in [0.2, 0.25) is 0 Å². The third-order valence-corrected chi connectivity index (χ3v) is 4.79. The molecule has 4 nitrogen and oxygen atoms in total. The summed E-state index contributed by atoms with van der Waals surface area (Å²) in [4.78, 5) is 0. The van der Waals surface area contributed by atoms with Crippen LogP contribution in [0.5, 0.6) is 0 Å². The molecular formula is C15H22NO3P. The molecular weight excluding hydrogens is 273 g/mol. The molecule has 1 rings (SSSR count). The van der Waals surface area contributed by atoms with E-state index in [-0.39, 0.29) is 0 Å². The first-order valence-corrected chi connectivity index (χ1v) is 7.95. The predicted octanol–water partition coefficient (Wildman–Crippen LogP) is 3.68. The smallest absolute Gasteiger partial charge is 0.311 e. The summed E-state index contributed by atoms with van der Waals surface area (Å²) in [5, 5.41) is 3.13. The normalized spacial score (nSPS) is 13.6. The molecule has 1 atom stereocenters. The van der Waals surface area contributed by atoms with Crippen molar-refractivity contribution in [1.82, 2.24) is 5.32 Å². The highest BCUT2D eigenvalue weighted by atomic mass is 31.2. The van der Waals surface area contributed by atoms with Crippen LogP contribution < -0.4 is 5.32 Å². The number of nitrogens with one attached hydrogen (secondary N) is 1. The Kier molecular flexibility index (Phi) is 6.89. The Hall–Kier alpha value is -1.19.